The number of carbonyl (C=O) groups is 1. The molecule has 0 aliphatic rings. The highest BCUT2D eigenvalue weighted by Gasteiger charge is 2.11. The van der Waals surface area contributed by atoms with Gasteiger partial charge in [0.25, 0.3) is 0 Å². The number of hydrogen-bond donors (Lipinski definition) is 2. The Morgan fingerprint density at radius 3 is 3.00 bits per heavy atom. The molecule has 84 valence electrons. The second-order valence-corrected chi connectivity index (χ2v) is 4.08. The third-order valence-corrected chi connectivity index (χ3v) is 2.83. The monoisotopic (exact) mass is 283 g/mol. The van der Waals surface area contributed by atoms with Gasteiger partial charge < -0.3 is 14.8 Å². The number of fused-ring (bicyclic) bond motifs is 1. The van der Waals surface area contributed by atoms with Gasteiger partial charge >= 0.3 is 5.97 Å². The van der Waals surface area contributed by atoms with E-state index in [0.717, 1.165) is 15.9 Å². The fourth-order valence-corrected chi connectivity index (χ4v) is 2.04. The van der Waals surface area contributed by atoms with Gasteiger partial charge in [-0.25, -0.2) is 9.78 Å². The predicted octanol–water partition coefficient (Wildman–Crippen LogP) is 1.51. The summed E-state index contributed by atoms with van der Waals surface area (Å²) in [5.74, 6) is -0.172. The molecule has 2 N–H and O–H groups in total. The first-order valence-corrected chi connectivity index (χ1v) is 5.47. The molecule has 0 amide bonds. The molecule has 0 atom stereocenters. The predicted molar refractivity (Wildman–Crippen MR) is 62.6 cm³/mol. The summed E-state index contributed by atoms with van der Waals surface area (Å²) < 4.78 is 2.49. The minimum absolute atomic E-state index is 0.245. The number of halogens is 1. The fraction of sp³-hybridized carbons (Fsp3) is 0.200. The number of aromatic nitrogens is 2. The normalized spacial score (nSPS) is 10.9. The largest absolute Gasteiger partial charge is 0.478 e. The van der Waals surface area contributed by atoms with Crippen molar-refractivity contribution in [2.24, 2.45) is 0 Å². The third kappa shape index (κ3) is 1.81. The minimum atomic E-state index is -0.942. The van der Waals surface area contributed by atoms with Crippen LogP contribution in [-0.2, 0) is 6.54 Å². The zero-order chi connectivity index (χ0) is 11.7. The Bertz CT molecular complexity index is 550. The van der Waals surface area contributed by atoms with Crippen molar-refractivity contribution in [3.05, 3.63) is 34.3 Å². The van der Waals surface area contributed by atoms with Gasteiger partial charge in [0.05, 0.1) is 17.6 Å². The zero-order valence-corrected chi connectivity index (χ0v) is 10.2. The molecule has 0 unspecified atom stereocenters. The minimum Gasteiger partial charge on any atom is -0.478 e. The second kappa shape index (κ2) is 4.23. The molecule has 6 heteroatoms. The quantitative estimate of drug-likeness (QED) is 0.896. The number of carboxylic acids is 1. The molecule has 0 aromatic carbocycles. The van der Waals surface area contributed by atoms with E-state index in [-0.39, 0.29) is 5.56 Å². The molecule has 0 aliphatic heterocycles. The van der Waals surface area contributed by atoms with Gasteiger partial charge in [0.15, 0.2) is 0 Å². The standard InChI is InChI=1S/C10H10BrN3O2/c1-12-4-8-13-9(11)7-3-2-6(10(15)16)5-14(7)8/h2-3,5,12H,4H2,1H3,(H,15,16). The van der Waals surface area contributed by atoms with Crippen LogP contribution in [0.1, 0.15) is 16.2 Å². The molecule has 2 aromatic rings. The molecule has 0 radical (unpaired) electrons. The Kier molecular flexibility index (Phi) is 2.93. The molecule has 2 aromatic heterocycles. The zero-order valence-electron chi connectivity index (χ0n) is 8.57. The lowest BCUT2D eigenvalue weighted by atomic mass is 10.3. The van der Waals surface area contributed by atoms with Gasteiger partial charge in [0.1, 0.15) is 10.4 Å². The lowest BCUT2D eigenvalue weighted by Crippen LogP contribution is -2.09. The average Bonchev–Trinajstić information content (AvgIpc) is 2.56. The first kappa shape index (κ1) is 11.1. The number of aromatic carboxylic acids is 1. The van der Waals surface area contributed by atoms with Gasteiger partial charge in [-0.3, -0.25) is 0 Å². The summed E-state index contributed by atoms with van der Waals surface area (Å²) in [5.41, 5.74) is 1.10. The van der Waals surface area contributed by atoms with Crippen LogP contribution in [0, 0.1) is 0 Å². The van der Waals surface area contributed by atoms with E-state index in [0.29, 0.717) is 6.54 Å². The number of hydrogen-bond acceptors (Lipinski definition) is 3. The average molecular weight is 284 g/mol. The molecule has 0 bridgehead atoms. The summed E-state index contributed by atoms with van der Waals surface area (Å²) in [5, 5.41) is 11.9. The van der Waals surface area contributed by atoms with E-state index in [4.69, 9.17) is 5.11 Å². The molecule has 2 heterocycles. The fourth-order valence-electron chi connectivity index (χ4n) is 1.52. The van der Waals surface area contributed by atoms with Crippen molar-refractivity contribution >= 4 is 27.4 Å². The van der Waals surface area contributed by atoms with Crippen LogP contribution < -0.4 is 5.32 Å². The van der Waals surface area contributed by atoms with Crippen LogP contribution >= 0.6 is 15.9 Å². The molecule has 5 nitrogen and oxygen atoms in total. The van der Waals surface area contributed by atoms with E-state index in [1.54, 1.807) is 22.7 Å². The molecule has 16 heavy (non-hydrogen) atoms. The number of pyridine rings is 1. The van der Waals surface area contributed by atoms with Crippen LogP contribution in [-0.4, -0.2) is 27.5 Å². The van der Waals surface area contributed by atoms with Crippen molar-refractivity contribution in [3.8, 4) is 0 Å². The highest BCUT2D eigenvalue weighted by Crippen LogP contribution is 2.19. The maximum absolute atomic E-state index is 10.9. The number of nitrogens with one attached hydrogen (secondary N) is 1. The Morgan fingerprint density at radius 1 is 1.62 bits per heavy atom. The van der Waals surface area contributed by atoms with Crippen LogP contribution in [0.3, 0.4) is 0 Å². The number of imidazole rings is 1. The van der Waals surface area contributed by atoms with Gasteiger partial charge in [-0.05, 0) is 35.1 Å². The first-order chi connectivity index (χ1) is 7.63. The van der Waals surface area contributed by atoms with Crippen LogP contribution in [0.15, 0.2) is 22.9 Å². The Hall–Kier alpha value is -1.40. The van der Waals surface area contributed by atoms with Gasteiger partial charge in [-0.2, -0.15) is 0 Å². The lowest BCUT2D eigenvalue weighted by molar-refractivity contribution is 0.0696. The molecule has 0 spiro atoms. The van der Waals surface area contributed by atoms with Gasteiger partial charge in [0, 0.05) is 6.20 Å². The molecule has 0 fully saturated rings. The second-order valence-electron chi connectivity index (χ2n) is 3.33. The Labute approximate surface area is 100 Å². The maximum atomic E-state index is 10.9. The van der Waals surface area contributed by atoms with Crippen molar-refractivity contribution in [1.82, 2.24) is 14.7 Å². The van der Waals surface area contributed by atoms with Crippen molar-refractivity contribution in [2.75, 3.05) is 7.05 Å². The maximum Gasteiger partial charge on any atom is 0.337 e. The highest BCUT2D eigenvalue weighted by atomic mass is 79.9. The van der Waals surface area contributed by atoms with Gasteiger partial charge in [-0.15, -0.1) is 0 Å². The molecule has 0 saturated carbocycles. The first-order valence-electron chi connectivity index (χ1n) is 4.68. The van der Waals surface area contributed by atoms with Crippen LogP contribution in [0.5, 0.6) is 0 Å². The van der Waals surface area contributed by atoms with E-state index in [1.165, 1.54) is 0 Å². The molecule has 0 saturated heterocycles. The van der Waals surface area contributed by atoms with Crippen LogP contribution in [0.2, 0.25) is 0 Å². The van der Waals surface area contributed by atoms with Gasteiger partial charge in [-0.1, -0.05) is 0 Å². The van der Waals surface area contributed by atoms with E-state index in [1.807, 2.05) is 7.05 Å². The summed E-state index contributed by atoms with van der Waals surface area (Å²) in [7, 11) is 1.82. The van der Waals surface area contributed by atoms with Crippen LogP contribution in [0.4, 0.5) is 0 Å². The third-order valence-electron chi connectivity index (χ3n) is 2.25. The molecule has 2 rings (SSSR count). The summed E-state index contributed by atoms with van der Waals surface area (Å²) >= 11 is 3.34. The van der Waals surface area contributed by atoms with Gasteiger partial charge in [0.2, 0.25) is 0 Å². The van der Waals surface area contributed by atoms with Crippen LogP contribution in [0.25, 0.3) is 5.52 Å². The highest BCUT2D eigenvalue weighted by molar-refractivity contribution is 9.10. The smallest absolute Gasteiger partial charge is 0.337 e. The molecule has 0 aliphatic carbocycles. The topological polar surface area (TPSA) is 66.6 Å². The number of rotatable bonds is 3. The number of nitrogens with zero attached hydrogens (tertiary/aromatic N) is 2. The Balaban J connectivity index is 2.64. The summed E-state index contributed by atoms with van der Waals surface area (Å²) in [4.78, 5) is 15.2. The van der Waals surface area contributed by atoms with E-state index in [2.05, 4.69) is 26.2 Å². The summed E-state index contributed by atoms with van der Waals surface area (Å²) in [6, 6.07) is 3.30. The molecular formula is C10H10BrN3O2. The summed E-state index contributed by atoms with van der Waals surface area (Å²) in [6.45, 7) is 0.579. The summed E-state index contributed by atoms with van der Waals surface area (Å²) in [6.07, 6.45) is 1.57. The van der Waals surface area contributed by atoms with E-state index < -0.39 is 5.97 Å². The lowest BCUT2D eigenvalue weighted by Gasteiger charge is -2.01. The SMILES string of the molecule is CNCc1nc(Br)c2ccc(C(=O)O)cn12. The molecular weight excluding hydrogens is 274 g/mol. The number of carboxylic acid groups (broad SMARTS) is 1. The van der Waals surface area contributed by atoms with Crippen molar-refractivity contribution in [1.29, 1.82) is 0 Å². The van der Waals surface area contributed by atoms with Crippen molar-refractivity contribution < 1.29 is 9.90 Å². The van der Waals surface area contributed by atoms with E-state index in [9.17, 15) is 4.79 Å². The van der Waals surface area contributed by atoms with Crippen molar-refractivity contribution in [3.63, 3.8) is 0 Å². The van der Waals surface area contributed by atoms with Crippen molar-refractivity contribution in [2.45, 2.75) is 6.54 Å². The van der Waals surface area contributed by atoms with E-state index >= 15 is 0 Å². The Morgan fingerprint density at radius 2 is 2.38 bits per heavy atom.